The zero-order valence-electron chi connectivity index (χ0n) is 14.6. The number of nitrogens with zero attached hydrogens (tertiary/aromatic N) is 4. The lowest BCUT2D eigenvalue weighted by Gasteiger charge is -2.33. The zero-order valence-corrected chi connectivity index (χ0v) is 15.4. The minimum Gasteiger partial charge on any atom is -0.343 e. The van der Waals surface area contributed by atoms with E-state index in [-0.39, 0.29) is 11.8 Å². The van der Waals surface area contributed by atoms with Gasteiger partial charge in [-0.15, -0.1) is 0 Å². The van der Waals surface area contributed by atoms with Gasteiger partial charge in [-0.05, 0) is 44.1 Å². The summed E-state index contributed by atoms with van der Waals surface area (Å²) < 4.78 is 0. The molecular weight excluding hydrogens is 336 g/mol. The van der Waals surface area contributed by atoms with E-state index in [0.717, 1.165) is 58.3 Å². The molecule has 0 radical (unpaired) electrons. The van der Waals surface area contributed by atoms with E-state index < -0.39 is 0 Å². The first-order chi connectivity index (χ1) is 12.2. The van der Waals surface area contributed by atoms with E-state index in [2.05, 4.69) is 9.97 Å². The van der Waals surface area contributed by atoms with Crippen molar-refractivity contribution in [3.63, 3.8) is 0 Å². The van der Waals surface area contributed by atoms with Crippen LogP contribution in [0.15, 0.2) is 23.6 Å². The summed E-state index contributed by atoms with van der Waals surface area (Å²) in [5.41, 5.74) is 0. The molecule has 0 aromatic carbocycles. The monoisotopic (exact) mass is 362 g/mol. The summed E-state index contributed by atoms with van der Waals surface area (Å²) >= 11 is 1.38. The van der Waals surface area contributed by atoms with Gasteiger partial charge in [0.2, 0.25) is 11.8 Å². The molecule has 0 N–H and O–H groups in total. The summed E-state index contributed by atoms with van der Waals surface area (Å²) in [7, 11) is 0. The average Bonchev–Trinajstić information content (AvgIpc) is 3.20. The highest BCUT2D eigenvalue weighted by Gasteiger charge is 2.25. The summed E-state index contributed by atoms with van der Waals surface area (Å²) in [5, 5.41) is 0.639. The normalized spacial score (nSPS) is 20.7. The lowest BCUT2D eigenvalue weighted by Crippen LogP contribution is -2.41. The van der Waals surface area contributed by atoms with Crippen LogP contribution in [-0.2, 0) is 9.59 Å². The summed E-state index contributed by atoms with van der Waals surface area (Å²) in [6.45, 7) is 3.45. The first kappa shape index (κ1) is 18.2. The molecule has 0 bridgehead atoms. The highest BCUT2D eigenvalue weighted by Crippen LogP contribution is 2.23. The molecule has 2 saturated heterocycles. The van der Waals surface area contributed by atoms with Crippen molar-refractivity contribution in [2.45, 2.75) is 43.7 Å². The number of hydrogen-bond donors (Lipinski definition) is 0. The van der Waals surface area contributed by atoms with Gasteiger partial charge in [0.05, 0.1) is 5.75 Å². The fourth-order valence-corrected chi connectivity index (χ4v) is 4.26. The number of aromatic nitrogens is 2. The van der Waals surface area contributed by atoms with Crippen LogP contribution in [0.25, 0.3) is 0 Å². The molecule has 1 aromatic rings. The van der Waals surface area contributed by atoms with Crippen LogP contribution in [0.3, 0.4) is 0 Å². The molecule has 0 aliphatic carbocycles. The lowest BCUT2D eigenvalue weighted by molar-refractivity contribution is -0.131. The number of thioether (sulfide) groups is 1. The Labute approximate surface area is 153 Å². The summed E-state index contributed by atoms with van der Waals surface area (Å²) in [5.74, 6) is 1.26. The highest BCUT2D eigenvalue weighted by atomic mass is 32.2. The van der Waals surface area contributed by atoms with Gasteiger partial charge in [0.25, 0.3) is 0 Å². The van der Waals surface area contributed by atoms with Gasteiger partial charge in [0.15, 0.2) is 5.16 Å². The Bertz CT molecular complexity index is 578. The van der Waals surface area contributed by atoms with Crippen molar-refractivity contribution in [3.8, 4) is 0 Å². The second kappa shape index (κ2) is 9.17. The number of rotatable bonds is 6. The lowest BCUT2D eigenvalue weighted by atomic mass is 9.93. The van der Waals surface area contributed by atoms with Gasteiger partial charge in [-0.1, -0.05) is 11.8 Å². The van der Waals surface area contributed by atoms with E-state index in [9.17, 15) is 9.59 Å². The fourth-order valence-electron chi connectivity index (χ4n) is 3.56. The van der Waals surface area contributed by atoms with E-state index in [1.807, 2.05) is 9.80 Å². The number of hydrogen-bond acceptors (Lipinski definition) is 5. The Morgan fingerprint density at radius 1 is 1.04 bits per heavy atom. The molecule has 1 unspecified atom stereocenters. The molecule has 6 nitrogen and oxygen atoms in total. The van der Waals surface area contributed by atoms with E-state index in [4.69, 9.17) is 0 Å². The van der Waals surface area contributed by atoms with Crippen LogP contribution in [0, 0.1) is 5.92 Å². The SMILES string of the molecule is O=C(CCC1CCCN(C(=O)CSc2ncccn2)C1)N1CCCC1. The summed E-state index contributed by atoms with van der Waals surface area (Å²) in [6.07, 6.45) is 9.32. The maximum Gasteiger partial charge on any atom is 0.233 e. The van der Waals surface area contributed by atoms with Crippen molar-refractivity contribution in [3.05, 3.63) is 18.5 Å². The predicted octanol–water partition coefficient (Wildman–Crippen LogP) is 2.21. The standard InChI is InChI=1S/C18H26N4O2S/c23-16(21-10-1-2-11-21)7-6-15-5-3-12-22(13-15)17(24)14-25-18-19-8-4-9-20-18/h4,8-9,15H,1-3,5-7,10-14H2. The van der Waals surface area contributed by atoms with E-state index in [0.29, 0.717) is 23.2 Å². The van der Waals surface area contributed by atoms with Gasteiger partial charge in [-0.25, -0.2) is 9.97 Å². The maximum absolute atomic E-state index is 12.4. The van der Waals surface area contributed by atoms with Gasteiger partial charge in [-0.2, -0.15) is 0 Å². The minimum absolute atomic E-state index is 0.146. The van der Waals surface area contributed by atoms with Crippen LogP contribution in [0.1, 0.15) is 38.5 Å². The maximum atomic E-state index is 12.4. The summed E-state index contributed by atoms with van der Waals surface area (Å²) in [4.78, 5) is 36.8. The molecule has 0 spiro atoms. The van der Waals surface area contributed by atoms with E-state index in [1.54, 1.807) is 18.5 Å². The molecule has 2 aliphatic rings. The van der Waals surface area contributed by atoms with Gasteiger partial charge in [-0.3, -0.25) is 9.59 Å². The largest absolute Gasteiger partial charge is 0.343 e. The predicted molar refractivity (Wildman–Crippen MR) is 97.1 cm³/mol. The van der Waals surface area contributed by atoms with Crippen molar-refractivity contribution in [1.29, 1.82) is 0 Å². The first-order valence-electron chi connectivity index (χ1n) is 9.18. The second-order valence-electron chi connectivity index (χ2n) is 6.79. The number of piperidine rings is 1. The van der Waals surface area contributed by atoms with Crippen LogP contribution in [-0.4, -0.2) is 63.5 Å². The number of amides is 2. The van der Waals surface area contributed by atoms with Gasteiger partial charge >= 0.3 is 0 Å². The Hall–Kier alpha value is -1.63. The molecule has 25 heavy (non-hydrogen) atoms. The van der Waals surface area contributed by atoms with Crippen molar-refractivity contribution in [1.82, 2.24) is 19.8 Å². The van der Waals surface area contributed by atoms with Crippen LogP contribution in [0.5, 0.6) is 0 Å². The smallest absolute Gasteiger partial charge is 0.233 e. The second-order valence-corrected chi connectivity index (χ2v) is 7.74. The third kappa shape index (κ3) is 5.42. The molecule has 3 rings (SSSR count). The topological polar surface area (TPSA) is 66.4 Å². The zero-order chi connectivity index (χ0) is 17.5. The molecule has 2 aliphatic heterocycles. The van der Waals surface area contributed by atoms with Gasteiger partial charge in [0, 0.05) is 45.0 Å². The molecule has 136 valence electrons. The Morgan fingerprint density at radius 2 is 1.76 bits per heavy atom. The minimum atomic E-state index is 0.146. The average molecular weight is 362 g/mol. The van der Waals surface area contributed by atoms with Crippen molar-refractivity contribution >= 4 is 23.6 Å². The molecule has 2 amide bonds. The van der Waals surface area contributed by atoms with Crippen LogP contribution in [0.2, 0.25) is 0 Å². The van der Waals surface area contributed by atoms with Gasteiger partial charge in [0.1, 0.15) is 0 Å². The number of carbonyl (C=O) groups is 2. The molecular formula is C18H26N4O2S. The van der Waals surface area contributed by atoms with Crippen LogP contribution >= 0.6 is 11.8 Å². The summed E-state index contributed by atoms with van der Waals surface area (Å²) in [6, 6.07) is 1.77. The third-order valence-electron chi connectivity index (χ3n) is 4.96. The van der Waals surface area contributed by atoms with E-state index in [1.165, 1.54) is 11.8 Å². The molecule has 1 aromatic heterocycles. The number of carbonyl (C=O) groups excluding carboxylic acids is 2. The van der Waals surface area contributed by atoms with Crippen LogP contribution < -0.4 is 0 Å². The highest BCUT2D eigenvalue weighted by molar-refractivity contribution is 7.99. The Balaban J connectivity index is 1.40. The van der Waals surface area contributed by atoms with Crippen molar-refractivity contribution in [2.24, 2.45) is 5.92 Å². The quantitative estimate of drug-likeness (QED) is 0.573. The van der Waals surface area contributed by atoms with Crippen molar-refractivity contribution < 1.29 is 9.59 Å². The van der Waals surface area contributed by atoms with E-state index >= 15 is 0 Å². The fraction of sp³-hybridized carbons (Fsp3) is 0.667. The van der Waals surface area contributed by atoms with Crippen LogP contribution in [0.4, 0.5) is 0 Å². The Kier molecular flexibility index (Phi) is 6.67. The molecule has 3 heterocycles. The molecule has 2 fully saturated rings. The first-order valence-corrected chi connectivity index (χ1v) is 10.2. The van der Waals surface area contributed by atoms with Gasteiger partial charge < -0.3 is 9.80 Å². The van der Waals surface area contributed by atoms with Crippen molar-refractivity contribution in [2.75, 3.05) is 31.9 Å². The molecule has 0 saturated carbocycles. The third-order valence-corrected chi connectivity index (χ3v) is 5.82. The Morgan fingerprint density at radius 3 is 2.52 bits per heavy atom. The molecule has 1 atom stereocenters. The molecule has 7 heteroatoms. The number of likely N-dealkylation sites (tertiary alicyclic amines) is 2.